The van der Waals surface area contributed by atoms with Crippen molar-refractivity contribution in [2.24, 2.45) is 0 Å². The van der Waals surface area contributed by atoms with E-state index in [1.807, 2.05) is 0 Å². The molecule has 0 unspecified atom stereocenters. The van der Waals surface area contributed by atoms with E-state index in [-0.39, 0.29) is 29.6 Å². The van der Waals surface area contributed by atoms with Crippen LogP contribution in [0.1, 0.15) is 0 Å². The van der Waals surface area contributed by atoms with Crippen molar-refractivity contribution in [3.05, 3.63) is 0 Å². The minimum atomic E-state index is -4.67. The van der Waals surface area contributed by atoms with E-state index in [0.29, 0.717) is 0 Å². The molecule has 0 saturated carbocycles. The molecule has 0 spiro atoms. The van der Waals surface area contributed by atoms with Crippen LogP contribution in [0.5, 0.6) is 0 Å². The van der Waals surface area contributed by atoms with Crippen molar-refractivity contribution in [1.29, 1.82) is 0 Å². The molecule has 0 atom stereocenters. The molecule has 0 bridgehead atoms. The first kappa shape index (κ1) is 16.8. The molecule has 7 nitrogen and oxygen atoms in total. The van der Waals surface area contributed by atoms with Gasteiger partial charge in [0.1, 0.15) is 0 Å². The van der Waals surface area contributed by atoms with Gasteiger partial charge in [0.05, 0.1) is 0 Å². The van der Waals surface area contributed by atoms with Gasteiger partial charge >= 0.3 is 49.1 Å². The summed E-state index contributed by atoms with van der Waals surface area (Å²) in [4.78, 5) is 14.3. The Morgan fingerprint density at radius 3 is 1.10 bits per heavy atom. The molecule has 10 heavy (non-hydrogen) atoms. The standard InChI is InChI=1S/Na.H2O4S.H2O3Si.H/c;1-5(2,3)4;1-4(2)3;/h;(H2,1,2,3,4);1-2H;. The second-order valence-corrected chi connectivity index (χ2v) is 2.19. The van der Waals surface area contributed by atoms with Gasteiger partial charge in [-0.3, -0.25) is 13.6 Å². The van der Waals surface area contributed by atoms with Gasteiger partial charge in [-0.05, 0) is 0 Å². The molecule has 0 fully saturated rings. The van der Waals surface area contributed by atoms with E-state index in [2.05, 4.69) is 0 Å². The van der Waals surface area contributed by atoms with Crippen molar-refractivity contribution in [2.75, 3.05) is 0 Å². The Morgan fingerprint density at radius 1 is 1.10 bits per heavy atom. The monoisotopic (exact) mass is 200 g/mol. The average molecular weight is 200 g/mol. The topological polar surface area (TPSA) is 132 Å². The van der Waals surface area contributed by atoms with E-state index in [9.17, 15) is 0 Å². The van der Waals surface area contributed by atoms with Crippen molar-refractivity contribution >= 4 is 49.1 Å². The van der Waals surface area contributed by atoms with E-state index in [1.165, 1.54) is 0 Å². The Bertz CT molecular complexity index is 156. The zero-order valence-electron chi connectivity index (χ0n) is 3.92. The van der Waals surface area contributed by atoms with E-state index in [1.54, 1.807) is 0 Å². The first-order valence-corrected chi connectivity index (χ1v) is 4.05. The van der Waals surface area contributed by atoms with Gasteiger partial charge in [0.2, 0.25) is 0 Å². The minimum absolute atomic E-state index is 0. The maximum atomic E-state index is 8.74. The molecule has 0 aliphatic heterocycles. The van der Waals surface area contributed by atoms with Gasteiger partial charge in [-0.25, -0.2) is 0 Å². The Kier molecular flexibility index (Phi) is 12.8. The summed E-state index contributed by atoms with van der Waals surface area (Å²) in [5.41, 5.74) is 0. The molecule has 0 aromatic carbocycles. The van der Waals surface area contributed by atoms with Gasteiger partial charge in [0.25, 0.3) is 0 Å². The molecule has 0 heterocycles. The van der Waals surface area contributed by atoms with Crippen LogP contribution in [0.25, 0.3) is 0 Å². The number of rotatable bonds is 0. The van der Waals surface area contributed by atoms with Crippen molar-refractivity contribution in [3.63, 3.8) is 0 Å². The molecule has 0 amide bonds. The average Bonchev–Trinajstić information content (AvgIpc) is 1.19. The van der Waals surface area contributed by atoms with E-state index >= 15 is 0 Å². The van der Waals surface area contributed by atoms with Crippen LogP contribution in [0.2, 0.25) is 0 Å². The van der Waals surface area contributed by atoms with Gasteiger partial charge in [0, 0.05) is 0 Å². The van der Waals surface area contributed by atoms with E-state index in [0.717, 1.165) is 0 Å². The quantitative estimate of drug-likeness (QED) is 0.243. The van der Waals surface area contributed by atoms with Gasteiger partial charge in [0.15, 0.2) is 0 Å². The second kappa shape index (κ2) is 7.59. The molecular weight excluding hydrogens is 195 g/mol. The Morgan fingerprint density at radius 2 is 1.10 bits per heavy atom. The molecule has 4 N–H and O–H groups in total. The summed E-state index contributed by atoms with van der Waals surface area (Å²) < 4.78 is 40.3. The van der Waals surface area contributed by atoms with Gasteiger partial charge in [-0.1, -0.05) is 0 Å². The summed E-state index contributed by atoms with van der Waals surface area (Å²) in [5, 5.41) is 0. The fourth-order valence-corrected chi connectivity index (χ4v) is 0. The summed E-state index contributed by atoms with van der Waals surface area (Å²) in [6.45, 7) is 0. The SMILES string of the molecule is O=S(=O)(O)O.O=[Si](O)O.[NaH]. The summed E-state index contributed by atoms with van der Waals surface area (Å²) in [6, 6.07) is 0. The predicted octanol–water partition coefficient (Wildman–Crippen LogP) is -2.91. The molecule has 0 aliphatic carbocycles. The Balaban J connectivity index is -0.0000000910. The third kappa shape index (κ3) is 2010. The molecule has 58 valence electrons. The molecule has 0 radical (unpaired) electrons. The number of hydrogen-bond acceptors (Lipinski definition) is 3. The zero-order chi connectivity index (χ0) is 8.08. The summed E-state index contributed by atoms with van der Waals surface area (Å²) >= 11 is 0. The summed E-state index contributed by atoms with van der Waals surface area (Å²) in [5.74, 6) is 0. The van der Waals surface area contributed by atoms with Gasteiger partial charge in [-0.15, -0.1) is 0 Å². The van der Waals surface area contributed by atoms with Crippen LogP contribution in [0.4, 0.5) is 0 Å². The first-order chi connectivity index (χ1) is 3.73. The van der Waals surface area contributed by atoms with Crippen LogP contribution in [0, 0.1) is 0 Å². The molecule has 0 aromatic heterocycles. The van der Waals surface area contributed by atoms with Crippen molar-refractivity contribution in [3.8, 4) is 0 Å². The third-order valence-electron chi connectivity index (χ3n) is 0. The second-order valence-electron chi connectivity index (χ2n) is 0.730. The summed E-state index contributed by atoms with van der Waals surface area (Å²) in [7, 11) is -7.80. The predicted molar refractivity (Wildman–Crippen MR) is 32.2 cm³/mol. The van der Waals surface area contributed by atoms with Crippen LogP contribution in [-0.4, -0.2) is 65.8 Å². The van der Waals surface area contributed by atoms with Crippen LogP contribution in [-0.2, 0) is 14.9 Å². The molecule has 0 rings (SSSR count). The van der Waals surface area contributed by atoms with E-state index in [4.69, 9.17) is 31.6 Å². The van der Waals surface area contributed by atoms with Crippen molar-refractivity contribution in [2.45, 2.75) is 0 Å². The maximum absolute atomic E-state index is 8.74. The zero-order valence-corrected chi connectivity index (χ0v) is 5.74. The van der Waals surface area contributed by atoms with Crippen LogP contribution < -0.4 is 0 Å². The molecule has 0 saturated heterocycles. The first-order valence-electron chi connectivity index (χ1n) is 1.35. The summed E-state index contributed by atoms with van der Waals surface area (Å²) in [6.07, 6.45) is 0. The van der Waals surface area contributed by atoms with E-state index < -0.39 is 19.6 Å². The fourth-order valence-electron chi connectivity index (χ4n) is 0. The molecule has 0 aliphatic rings. The van der Waals surface area contributed by atoms with Gasteiger partial charge in [-0.2, -0.15) is 8.42 Å². The Hall–Kier alpha value is 0.487. The number of hydrogen-bond donors (Lipinski definition) is 4. The van der Waals surface area contributed by atoms with Crippen LogP contribution in [0.3, 0.4) is 0 Å². The van der Waals surface area contributed by atoms with Crippen LogP contribution >= 0.6 is 0 Å². The molecule has 10 heteroatoms. The van der Waals surface area contributed by atoms with Crippen LogP contribution in [0.15, 0.2) is 0 Å². The van der Waals surface area contributed by atoms with Crippen molar-refractivity contribution < 1.29 is 31.6 Å². The Labute approximate surface area is 80.5 Å². The third-order valence-corrected chi connectivity index (χ3v) is 0. The fraction of sp³-hybridized carbons (Fsp3) is 0. The normalized spacial score (nSPS) is 8.20. The molecular formula is H5NaO7SSi. The van der Waals surface area contributed by atoms with Gasteiger partial charge < -0.3 is 9.59 Å². The van der Waals surface area contributed by atoms with Crippen molar-refractivity contribution in [1.82, 2.24) is 0 Å². The molecule has 0 aromatic rings.